The molecule has 11 heteroatoms. The molecule has 212 valence electrons. The predicted molar refractivity (Wildman–Crippen MR) is 140 cm³/mol. The Labute approximate surface area is 231 Å². The van der Waals surface area contributed by atoms with Crippen molar-refractivity contribution < 1.29 is 37.1 Å². The Morgan fingerprint density at radius 1 is 1.12 bits per heavy atom. The third-order valence-electron chi connectivity index (χ3n) is 10.6. The number of carbonyl (C=O) groups excluding carboxylic acids is 1. The predicted octanol–water partition coefficient (Wildman–Crippen LogP) is 2.55. The van der Waals surface area contributed by atoms with Gasteiger partial charge >= 0.3 is 0 Å². The van der Waals surface area contributed by atoms with Gasteiger partial charge in [-0.1, -0.05) is 12.1 Å². The van der Waals surface area contributed by atoms with Crippen LogP contribution in [0.1, 0.15) is 65.2 Å². The molecule has 9 nitrogen and oxygen atoms in total. The lowest BCUT2D eigenvalue weighted by molar-refractivity contribution is -0.199. The Bertz CT molecular complexity index is 1580. The molecule has 1 amide bonds. The van der Waals surface area contributed by atoms with Crippen LogP contribution in [0, 0.1) is 11.7 Å². The van der Waals surface area contributed by atoms with E-state index < -0.39 is 56.8 Å². The number of piperidine rings is 1. The van der Waals surface area contributed by atoms with E-state index >= 15 is 4.39 Å². The normalized spacial score (nSPS) is 35.9. The van der Waals surface area contributed by atoms with Crippen LogP contribution in [0.3, 0.4) is 0 Å². The molecular formula is C29H31FN2O7S. The Kier molecular flexibility index (Phi) is 4.98. The molecule has 0 aromatic heterocycles. The van der Waals surface area contributed by atoms with Crippen molar-refractivity contribution in [3.05, 3.63) is 58.4 Å². The quantitative estimate of drug-likeness (QED) is 0.468. The van der Waals surface area contributed by atoms with Crippen molar-refractivity contribution in [2.24, 2.45) is 5.92 Å². The van der Waals surface area contributed by atoms with Gasteiger partial charge in [0.15, 0.2) is 11.5 Å². The summed E-state index contributed by atoms with van der Waals surface area (Å²) in [6, 6.07) is 5.43. The zero-order valence-electron chi connectivity index (χ0n) is 21.8. The molecule has 6 aliphatic rings. The summed E-state index contributed by atoms with van der Waals surface area (Å²) in [4.78, 5) is 17.6. The van der Waals surface area contributed by atoms with E-state index in [1.165, 1.54) is 35.9 Å². The van der Waals surface area contributed by atoms with Gasteiger partial charge in [0.25, 0.3) is 16.0 Å². The van der Waals surface area contributed by atoms with Crippen molar-refractivity contribution in [2.75, 3.05) is 18.8 Å². The minimum absolute atomic E-state index is 0.0425. The summed E-state index contributed by atoms with van der Waals surface area (Å²) in [5.74, 6) is -1.19. The van der Waals surface area contributed by atoms with Crippen LogP contribution < -0.4 is 4.74 Å². The summed E-state index contributed by atoms with van der Waals surface area (Å²) in [5, 5.41) is 23.6. The van der Waals surface area contributed by atoms with Crippen molar-refractivity contribution in [3.8, 4) is 11.5 Å². The number of phenols is 1. The van der Waals surface area contributed by atoms with Crippen LogP contribution in [-0.4, -0.2) is 81.5 Å². The molecule has 6 atom stereocenters. The number of rotatable bonds is 5. The molecule has 2 unspecified atom stereocenters. The highest BCUT2D eigenvalue weighted by Crippen LogP contribution is 2.66. The van der Waals surface area contributed by atoms with Gasteiger partial charge in [0.05, 0.1) is 23.1 Å². The minimum atomic E-state index is -4.59. The first-order chi connectivity index (χ1) is 19.0. The molecule has 1 spiro atoms. The number of halogens is 1. The van der Waals surface area contributed by atoms with Crippen LogP contribution in [0.15, 0.2) is 30.3 Å². The van der Waals surface area contributed by atoms with Crippen molar-refractivity contribution >= 4 is 16.0 Å². The van der Waals surface area contributed by atoms with Crippen LogP contribution >= 0.6 is 0 Å². The summed E-state index contributed by atoms with van der Waals surface area (Å²) in [5.41, 5.74) is -0.322. The zero-order valence-corrected chi connectivity index (χ0v) is 22.6. The van der Waals surface area contributed by atoms with Gasteiger partial charge in [-0.3, -0.25) is 14.2 Å². The van der Waals surface area contributed by atoms with Crippen molar-refractivity contribution in [1.82, 2.24) is 9.80 Å². The van der Waals surface area contributed by atoms with E-state index in [2.05, 4.69) is 4.90 Å². The molecule has 40 heavy (non-hydrogen) atoms. The summed E-state index contributed by atoms with van der Waals surface area (Å²) < 4.78 is 55.8. The van der Waals surface area contributed by atoms with E-state index in [0.717, 1.165) is 24.2 Å². The second-order valence-corrected chi connectivity index (χ2v) is 14.1. The lowest BCUT2D eigenvalue weighted by Gasteiger charge is -2.65. The molecule has 3 aliphatic heterocycles. The number of fused-ring (bicyclic) bond motifs is 1. The van der Waals surface area contributed by atoms with Gasteiger partial charge in [0, 0.05) is 29.3 Å². The van der Waals surface area contributed by atoms with Crippen LogP contribution in [0.2, 0.25) is 0 Å². The van der Waals surface area contributed by atoms with E-state index in [9.17, 15) is 28.0 Å². The van der Waals surface area contributed by atoms with Crippen LogP contribution in [0.5, 0.6) is 11.5 Å². The maximum Gasteiger partial charge on any atom is 0.267 e. The number of hydrogen-bond acceptors (Lipinski definition) is 7. The van der Waals surface area contributed by atoms with E-state index in [0.29, 0.717) is 37.4 Å². The molecule has 8 rings (SSSR count). The number of carbonyl (C=O) groups is 1. The summed E-state index contributed by atoms with van der Waals surface area (Å²) >= 11 is 0. The maximum atomic E-state index is 15.1. The SMILES string of the molecule is O=C1c2cccc(F)c2C(CS(=O)(=O)O)N1[C@@H]1CCC2(O)[C@H]3Cc4ccc(O)c5c4[C@@]2(CCN3CC2CC2)[C@H]1O5. The average Bonchev–Trinajstić information content (AvgIpc) is 3.57. The van der Waals surface area contributed by atoms with Gasteiger partial charge in [-0.15, -0.1) is 0 Å². The summed E-state index contributed by atoms with van der Waals surface area (Å²) in [6.07, 6.45) is 3.40. The van der Waals surface area contributed by atoms with Crippen molar-refractivity contribution in [2.45, 2.75) is 73.8 Å². The third-order valence-corrected chi connectivity index (χ3v) is 11.4. The van der Waals surface area contributed by atoms with E-state index in [-0.39, 0.29) is 22.9 Å². The number of aliphatic hydroxyl groups is 1. The zero-order chi connectivity index (χ0) is 27.8. The Balaban J connectivity index is 1.28. The summed E-state index contributed by atoms with van der Waals surface area (Å²) in [6.45, 7) is 1.65. The fourth-order valence-corrected chi connectivity index (χ4v) is 9.69. The molecule has 3 heterocycles. The lowest BCUT2D eigenvalue weighted by atomic mass is 9.48. The second kappa shape index (κ2) is 7.96. The van der Waals surface area contributed by atoms with Crippen molar-refractivity contribution in [3.63, 3.8) is 0 Å². The van der Waals surface area contributed by atoms with Gasteiger partial charge in [-0.25, -0.2) is 4.39 Å². The third kappa shape index (κ3) is 3.12. The first-order valence-electron chi connectivity index (χ1n) is 14.1. The number of likely N-dealkylation sites (tertiary alicyclic amines) is 1. The van der Waals surface area contributed by atoms with Gasteiger partial charge in [0.2, 0.25) is 0 Å². The molecule has 3 N–H and O–H groups in total. The lowest BCUT2D eigenvalue weighted by Crippen LogP contribution is -2.78. The number of hydrogen-bond donors (Lipinski definition) is 3. The smallest absolute Gasteiger partial charge is 0.267 e. The number of benzene rings is 2. The average molecular weight is 571 g/mol. The maximum absolute atomic E-state index is 15.1. The Hall–Kier alpha value is -2.73. The minimum Gasteiger partial charge on any atom is -0.504 e. The first-order valence-corrected chi connectivity index (χ1v) is 15.7. The topological polar surface area (TPSA) is 128 Å². The van der Waals surface area contributed by atoms with E-state index in [1.54, 1.807) is 6.07 Å². The number of phenolic OH excluding ortho intramolecular Hbond substituents is 1. The highest BCUT2D eigenvalue weighted by molar-refractivity contribution is 7.85. The fourth-order valence-electron chi connectivity index (χ4n) is 8.97. The molecule has 2 aromatic carbocycles. The summed E-state index contributed by atoms with van der Waals surface area (Å²) in [7, 11) is -4.59. The second-order valence-electron chi connectivity index (χ2n) is 12.6. The van der Waals surface area contributed by atoms with Gasteiger partial charge < -0.3 is 19.8 Å². The van der Waals surface area contributed by atoms with Gasteiger partial charge in [-0.2, -0.15) is 8.42 Å². The molecule has 2 aromatic rings. The number of nitrogens with zero attached hydrogens (tertiary/aromatic N) is 2. The molecule has 0 radical (unpaired) electrons. The van der Waals surface area contributed by atoms with Gasteiger partial charge in [0.1, 0.15) is 17.7 Å². The molecule has 1 saturated heterocycles. The fraction of sp³-hybridized carbons (Fsp3) is 0.552. The van der Waals surface area contributed by atoms with Gasteiger partial charge in [-0.05, 0) is 74.8 Å². The van der Waals surface area contributed by atoms with Crippen LogP contribution in [0.25, 0.3) is 0 Å². The van der Waals surface area contributed by atoms with Crippen LogP contribution in [-0.2, 0) is 22.0 Å². The monoisotopic (exact) mass is 570 g/mol. The standard InChI is InChI=1S/C29H31FN2O7S/c30-18-3-1-2-17-23(18)20(14-40(36,37)38)32(27(17)34)19-8-9-29(35)22-12-16-6-7-21(33)25-24(16)28(29,26(19)39-25)10-11-31(22)13-15-4-5-15/h1-3,6-7,15,19-20,22,26,33,35H,4-5,8-14H2,(H,36,37,38)/t19-,20?,22-,26+,28+,29?/m1/s1. The number of ether oxygens (including phenoxy) is 1. The molecule has 2 bridgehead atoms. The van der Waals surface area contributed by atoms with E-state index in [4.69, 9.17) is 4.74 Å². The van der Waals surface area contributed by atoms with Crippen LogP contribution in [0.4, 0.5) is 4.39 Å². The Morgan fingerprint density at radius 3 is 2.67 bits per heavy atom. The van der Waals surface area contributed by atoms with E-state index in [1.807, 2.05) is 6.07 Å². The molecule has 3 aliphatic carbocycles. The Morgan fingerprint density at radius 2 is 1.93 bits per heavy atom. The number of amides is 1. The molecule has 3 fully saturated rings. The highest BCUT2D eigenvalue weighted by atomic mass is 32.2. The first kappa shape index (κ1) is 25.0. The molecule has 2 saturated carbocycles. The number of aromatic hydroxyl groups is 1. The molecular weight excluding hydrogens is 539 g/mol. The largest absolute Gasteiger partial charge is 0.504 e. The van der Waals surface area contributed by atoms with Crippen molar-refractivity contribution in [1.29, 1.82) is 0 Å². The highest BCUT2D eigenvalue weighted by Gasteiger charge is 2.74.